The molecule has 0 aliphatic carbocycles. The zero-order valence-corrected chi connectivity index (χ0v) is 14.1. The molecule has 124 valence electrons. The van der Waals surface area contributed by atoms with Crippen LogP contribution >= 0.6 is 0 Å². The molecule has 0 radical (unpaired) electrons. The van der Waals surface area contributed by atoms with Crippen molar-refractivity contribution in [3.63, 3.8) is 0 Å². The second-order valence-corrected chi connectivity index (χ2v) is 5.49. The molecule has 6 heteroatoms. The molecular formula is C17H25N4O2+. The zero-order chi connectivity index (χ0) is 16.8. The van der Waals surface area contributed by atoms with Crippen molar-refractivity contribution in [3.8, 4) is 0 Å². The third-order valence-electron chi connectivity index (χ3n) is 4.17. The van der Waals surface area contributed by atoms with E-state index in [1.807, 2.05) is 13.0 Å². The smallest absolute Gasteiger partial charge is 0.265 e. The number of quaternary nitrogens is 1. The van der Waals surface area contributed by atoms with Crippen molar-refractivity contribution in [3.05, 3.63) is 40.3 Å². The molecule has 0 fully saturated rings. The number of carbonyl (C=O) groups excluding carboxylic acids is 1. The summed E-state index contributed by atoms with van der Waals surface area (Å²) in [6.45, 7) is 10.1. The van der Waals surface area contributed by atoms with Gasteiger partial charge in [-0.3, -0.25) is 14.2 Å². The molecule has 0 saturated heterocycles. The van der Waals surface area contributed by atoms with Gasteiger partial charge in [0, 0.05) is 18.1 Å². The fourth-order valence-electron chi connectivity index (χ4n) is 2.71. The fraction of sp³-hybridized carbons (Fsp3) is 0.471. The van der Waals surface area contributed by atoms with Crippen LogP contribution in [-0.4, -0.2) is 41.6 Å². The molecule has 6 nitrogen and oxygen atoms in total. The summed E-state index contributed by atoms with van der Waals surface area (Å²) in [5.41, 5.74) is 0.511. The SMILES string of the molecule is CCn1c(=O)c(C(=O)NCC[NH+](CC)CC)cc2cccnc21. The number of carbonyl (C=O) groups is 1. The van der Waals surface area contributed by atoms with Crippen LogP contribution in [0.2, 0.25) is 0 Å². The Balaban J connectivity index is 2.24. The highest BCUT2D eigenvalue weighted by Crippen LogP contribution is 2.10. The number of hydrogen-bond acceptors (Lipinski definition) is 3. The average Bonchev–Trinajstić information content (AvgIpc) is 2.58. The Morgan fingerprint density at radius 1 is 1.30 bits per heavy atom. The monoisotopic (exact) mass is 317 g/mol. The maximum Gasteiger partial charge on any atom is 0.265 e. The number of likely N-dealkylation sites (N-methyl/N-ethyl adjacent to an activating group) is 1. The van der Waals surface area contributed by atoms with Crippen LogP contribution < -0.4 is 15.8 Å². The number of fused-ring (bicyclic) bond motifs is 1. The van der Waals surface area contributed by atoms with Crippen molar-refractivity contribution in [2.75, 3.05) is 26.2 Å². The topological polar surface area (TPSA) is 68.4 Å². The van der Waals surface area contributed by atoms with E-state index in [1.165, 1.54) is 4.90 Å². The summed E-state index contributed by atoms with van der Waals surface area (Å²) >= 11 is 0. The maximum absolute atomic E-state index is 12.5. The zero-order valence-electron chi connectivity index (χ0n) is 14.1. The summed E-state index contributed by atoms with van der Waals surface area (Å²) < 4.78 is 1.54. The van der Waals surface area contributed by atoms with Gasteiger partial charge in [-0.25, -0.2) is 4.98 Å². The summed E-state index contributed by atoms with van der Waals surface area (Å²) in [5, 5.41) is 3.66. The third kappa shape index (κ3) is 3.76. The second kappa shape index (κ2) is 7.87. The van der Waals surface area contributed by atoms with E-state index >= 15 is 0 Å². The second-order valence-electron chi connectivity index (χ2n) is 5.49. The number of aryl methyl sites for hydroxylation is 1. The number of pyridine rings is 2. The molecule has 0 aliphatic rings. The Kier molecular flexibility index (Phi) is 5.87. The number of hydrogen-bond donors (Lipinski definition) is 2. The van der Waals surface area contributed by atoms with Crippen LogP contribution in [0, 0.1) is 0 Å². The van der Waals surface area contributed by atoms with Crippen LogP contribution in [0.15, 0.2) is 29.2 Å². The largest absolute Gasteiger partial charge is 0.346 e. The predicted octanol–water partition coefficient (Wildman–Crippen LogP) is 0.0709. The molecule has 0 atom stereocenters. The molecule has 0 aromatic carbocycles. The van der Waals surface area contributed by atoms with E-state index in [9.17, 15) is 9.59 Å². The van der Waals surface area contributed by atoms with Gasteiger partial charge in [0.25, 0.3) is 11.5 Å². The highest BCUT2D eigenvalue weighted by atomic mass is 16.2. The Hall–Kier alpha value is -2.21. The van der Waals surface area contributed by atoms with E-state index in [0.717, 1.165) is 25.0 Å². The van der Waals surface area contributed by atoms with Gasteiger partial charge < -0.3 is 10.2 Å². The van der Waals surface area contributed by atoms with Crippen molar-refractivity contribution in [1.29, 1.82) is 0 Å². The summed E-state index contributed by atoms with van der Waals surface area (Å²) in [6, 6.07) is 5.30. The van der Waals surface area contributed by atoms with Crippen molar-refractivity contribution < 1.29 is 9.69 Å². The van der Waals surface area contributed by atoms with E-state index in [1.54, 1.807) is 22.9 Å². The molecule has 2 aromatic rings. The van der Waals surface area contributed by atoms with Gasteiger partial charge >= 0.3 is 0 Å². The lowest BCUT2D eigenvalue weighted by atomic mass is 10.2. The normalized spacial score (nSPS) is 11.1. The van der Waals surface area contributed by atoms with Crippen LogP contribution in [0.5, 0.6) is 0 Å². The molecule has 2 aromatic heterocycles. The Labute approximate surface area is 136 Å². The highest BCUT2D eigenvalue weighted by molar-refractivity contribution is 5.96. The molecule has 0 bridgehead atoms. The van der Waals surface area contributed by atoms with Gasteiger partial charge in [-0.05, 0) is 39.0 Å². The standard InChI is InChI=1S/C17H24N4O2/c1-4-20(5-2)11-10-19-16(22)14-12-13-8-7-9-18-15(13)21(6-3)17(14)23/h7-9,12H,4-6,10-11H2,1-3H3,(H,19,22)/p+1. The summed E-state index contributed by atoms with van der Waals surface area (Å²) in [7, 11) is 0. The Bertz CT molecular complexity index is 735. The first-order valence-electron chi connectivity index (χ1n) is 8.22. The number of aromatic nitrogens is 2. The third-order valence-corrected chi connectivity index (χ3v) is 4.17. The van der Waals surface area contributed by atoms with Crippen LogP contribution in [-0.2, 0) is 6.54 Å². The van der Waals surface area contributed by atoms with Gasteiger partial charge in [0.1, 0.15) is 11.2 Å². The van der Waals surface area contributed by atoms with Crippen LogP contribution in [0.25, 0.3) is 11.0 Å². The van der Waals surface area contributed by atoms with Gasteiger partial charge in [-0.2, -0.15) is 0 Å². The van der Waals surface area contributed by atoms with Gasteiger partial charge in [-0.15, -0.1) is 0 Å². The summed E-state index contributed by atoms with van der Waals surface area (Å²) in [6.07, 6.45) is 1.65. The first-order valence-corrected chi connectivity index (χ1v) is 8.22. The Morgan fingerprint density at radius 2 is 2.04 bits per heavy atom. The molecule has 0 saturated carbocycles. The molecule has 2 heterocycles. The number of amides is 1. The average molecular weight is 317 g/mol. The highest BCUT2D eigenvalue weighted by Gasteiger charge is 2.15. The minimum atomic E-state index is -0.311. The molecule has 23 heavy (non-hydrogen) atoms. The van der Waals surface area contributed by atoms with Gasteiger partial charge in [0.2, 0.25) is 0 Å². The van der Waals surface area contributed by atoms with E-state index in [0.29, 0.717) is 18.7 Å². The molecule has 0 unspecified atom stereocenters. The van der Waals surface area contributed by atoms with Gasteiger partial charge in [0.15, 0.2) is 0 Å². The van der Waals surface area contributed by atoms with Gasteiger partial charge in [0.05, 0.1) is 26.2 Å². The predicted molar refractivity (Wildman–Crippen MR) is 90.9 cm³/mol. The molecule has 0 aliphatic heterocycles. The minimum Gasteiger partial charge on any atom is -0.346 e. The van der Waals surface area contributed by atoms with Crippen LogP contribution in [0.3, 0.4) is 0 Å². The van der Waals surface area contributed by atoms with Crippen molar-refractivity contribution >= 4 is 16.9 Å². The first-order chi connectivity index (χ1) is 11.1. The first kappa shape index (κ1) is 17.1. The van der Waals surface area contributed by atoms with E-state index in [2.05, 4.69) is 24.1 Å². The molecule has 0 spiro atoms. The lowest BCUT2D eigenvalue weighted by Gasteiger charge is -2.15. The summed E-state index contributed by atoms with van der Waals surface area (Å²) in [4.78, 5) is 30.6. The van der Waals surface area contributed by atoms with Crippen LogP contribution in [0.4, 0.5) is 0 Å². The molecule has 2 N–H and O–H groups in total. The quantitative estimate of drug-likeness (QED) is 0.759. The Morgan fingerprint density at radius 3 is 2.70 bits per heavy atom. The fourth-order valence-corrected chi connectivity index (χ4v) is 2.71. The lowest BCUT2D eigenvalue weighted by molar-refractivity contribution is -0.895. The number of nitrogens with zero attached hydrogens (tertiary/aromatic N) is 2. The van der Waals surface area contributed by atoms with Crippen LogP contribution in [0.1, 0.15) is 31.1 Å². The van der Waals surface area contributed by atoms with E-state index in [4.69, 9.17) is 0 Å². The van der Waals surface area contributed by atoms with Crippen molar-refractivity contribution in [1.82, 2.24) is 14.9 Å². The molecule has 1 amide bonds. The lowest BCUT2D eigenvalue weighted by Crippen LogP contribution is -3.12. The van der Waals surface area contributed by atoms with Gasteiger partial charge in [-0.1, -0.05) is 0 Å². The molecular weight excluding hydrogens is 292 g/mol. The number of nitrogens with one attached hydrogen (secondary N) is 2. The minimum absolute atomic E-state index is 0.182. The summed E-state index contributed by atoms with van der Waals surface area (Å²) in [5.74, 6) is -0.311. The van der Waals surface area contributed by atoms with Crippen molar-refractivity contribution in [2.24, 2.45) is 0 Å². The van der Waals surface area contributed by atoms with E-state index in [-0.39, 0.29) is 17.0 Å². The number of rotatable bonds is 7. The van der Waals surface area contributed by atoms with E-state index < -0.39 is 0 Å². The van der Waals surface area contributed by atoms with Crippen molar-refractivity contribution in [2.45, 2.75) is 27.3 Å². The maximum atomic E-state index is 12.5. The molecule has 2 rings (SSSR count).